The molecule has 106 valence electrons. The maximum Gasteiger partial charge on any atom is 0.146 e. The third-order valence-corrected chi connectivity index (χ3v) is 3.95. The maximum absolute atomic E-state index is 13.7. The second kappa shape index (κ2) is 7.22. The van der Waals surface area contributed by atoms with Crippen LogP contribution >= 0.6 is 11.6 Å². The van der Waals surface area contributed by atoms with Crippen LogP contribution in [0.5, 0.6) is 0 Å². The molecule has 1 aromatic rings. The number of hydrogen-bond donors (Lipinski definition) is 1. The average Bonchev–Trinajstić information content (AvgIpc) is 2.42. The topological polar surface area (TPSA) is 15.3 Å². The van der Waals surface area contributed by atoms with Gasteiger partial charge >= 0.3 is 0 Å². The van der Waals surface area contributed by atoms with Crippen molar-refractivity contribution in [3.63, 3.8) is 0 Å². The normalized spacial score (nSPS) is 18.5. The fraction of sp³-hybridized carbons (Fsp3) is 0.600. The van der Waals surface area contributed by atoms with Crippen LogP contribution in [-0.4, -0.2) is 30.6 Å². The lowest BCUT2D eigenvalue weighted by Gasteiger charge is -2.29. The van der Waals surface area contributed by atoms with Gasteiger partial charge in [0.05, 0.1) is 5.02 Å². The van der Waals surface area contributed by atoms with Gasteiger partial charge in [-0.1, -0.05) is 30.2 Å². The fourth-order valence-corrected chi connectivity index (χ4v) is 2.76. The molecule has 0 amide bonds. The van der Waals surface area contributed by atoms with Crippen molar-refractivity contribution in [3.05, 3.63) is 34.6 Å². The largest absolute Gasteiger partial charge is 0.309 e. The minimum Gasteiger partial charge on any atom is -0.309 e. The molecule has 0 bridgehead atoms. The molecule has 4 heteroatoms. The Morgan fingerprint density at radius 3 is 2.79 bits per heavy atom. The van der Waals surface area contributed by atoms with Crippen LogP contribution < -0.4 is 5.32 Å². The van der Waals surface area contributed by atoms with Crippen molar-refractivity contribution >= 4 is 11.6 Å². The van der Waals surface area contributed by atoms with E-state index in [1.54, 1.807) is 18.2 Å². The number of halogens is 2. The first-order chi connectivity index (χ1) is 9.16. The molecule has 1 aromatic carbocycles. The summed E-state index contributed by atoms with van der Waals surface area (Å²) in [6.07, 6.45) is 3.96. The predicted molar refractivity (Wildman–Crippen MR) is 78.0 cm³/mol. The molecule has 0 radical (unpaired) electrons. The molecule has 2 nitrogen and oxygen atoms in total. The van der Waals surface area contributed by atoms with Crippen molar-refractivity contribution in [2.75, 3.05) is 19.6 Å². The summed E-state index contributed by atoms with van der Waals surface area (Å²) in [5, 5.41) is 3.57. The first-order valence-corrected chi connectivity index (χ1v) is 7.43. The molecule has 1 heterocycles. The van der Waals surface area contributed by atoms with Crippen LogP contribution in [0.25, 0.3) is 0 Å². The number of likely N-dealkylation sites (tertiary alicyclic amines) is 1. The van der Waals surface area contributed by atoms with Gasteiger partial charge in [0.2, 0.25) is 0 Å². The molecule has 0 aliphatic carbocycles. The second-order valence-electron chi connectivity index (χ2n) is 5.36. The van der Waals surface area contributed by atoms with Gasteiger partial charge in [0, 0.05) is 24.7 Å². The maximum atomic E-state index is 13.7. The molecule has 19 heavy (non-hydrogen) atoms. The van der Waals surface area contributed by atoms with Crippen LogP contribution in [0.15, 0.2) is 18.2 Å². The zero-order chi connectivity index (χ0) is 13.7. The number of benzene rings is 1. The van der Waals surface area contributed by atoms with E-state index in [0.717, 1.165) is 6.54 Å². The van der Waals surface area contributed by atoms with Crippen molar-refractivity contribution in [1.29, 1.82) is 0 Å². The Morgan fingerprint density at radius 2 is 2.05 bits per heavy atom. The highest BCUT2D eigenvalue weighted by Gasteiger charge is 2.13. The van der Waals surface area contributed by atoms with Gasteiger partial charge in [0.25, 0.3) is 0 Å². The molecule has 0 aromatic heterocycles. The molecule has 0 saturated carbocycles. The molecule has 0 spiro atoms. The first kappa shape index (κ1) is 14.8. The summed E-state index contributed by atoms with van der Waals surface area (Å²) in [6, 6.07) is 5.51. The highest BCUT2D eigenvalue weighted by atomic mass is 35.5. The Morgan fingerprint density at radius 1 is 1.32 bits per heavy atom. The highest BCUT2D eigenvalue weighted by molar-refractivity contribution is 6.30. The molecular formula is C15H22ClFN2. The SMILES string of the molecule is CC(CN1CCCCC1)NCc1cccc(Cl)c1F. The standard InChI is InChI=1S/C15H22ClFN2/c1-12(11-19-8-3-2-4-9-19)18-10-13-6-5-7-14(16)15(13)17/h5-7,12,18H,2-4,8-11H2,1H3. The van der Waals surface area contributed by atoms with Crippen LogP contribution in [0.4, 0.5) is 4.39 Å². The second-order valence-corrected chi connectivity index (χ2v) is 5.76. The molecule has 1 aliphatic rings. The van der Waals surface area contributed by atoms with Gasteiger partial charge in [0.1, 0.15) is 5.82 Å². The molecule has 1 saturated heterocycles. The van der Waals surface area contributed by atoms with Crippen LogP contribution in [-0.2, 0) is 6.54 Å². The zero-order valence-corrected chi connectivity index (χ0v) is 12.2. The van der Waals surface area contributed by atoms with E-state index >= 15 is 0 Å². The van der Waals surface area contributed by atoms with E-state index in [0.29, 0.717) is 18.2 Å². The van der Waals surface area contributed by atoms with Crippen molar-refractivity contribution in [2.24, 2.45) is 0 Å². The van der Waals surface area contributed by atoms with Gasteiger partial charge in [-0.3, -0.25) is 0 Å². The molecule has 1 N–H and O–H groups in total. The van der Waals surface area contributed by atoms with Gasteiger partial charge in [-0.05, 0) is 38.9 Å². The smallest absolute Gasteiger partial charge is 0.146 e. The van der Waals surface area contributed by atoms with E-state index in [2.05, 4.69) is 17.1 Å². The number of nitrogens with zero attached hydrogens (tertiary/aromatic N) is 1. The Balaban J connectivity index is 1.79. The minimum absolute atomic E-state index is 0.197. The van der Waals surface area contributed by atoms with E-state index in [9.17, 15) is 4.39 Å². The van der Waals surface area contributed by atoms with Crippen LogP contribution in [0.2, 0.25) is 5.02 Å². The van der Waals surface area contributed by atoms with E-state index in [1.165, 1.54) is 32.4 Å². The Kier molecular flexibility index (Phi) is 5.61. The van der Waals surface area contributed by atoms with Crippen LogP contribution in [0.1, 0.15) is 31.7 Å². The van der Waals surface area contributed by atoms with Crippen molar-refractivity contribution in [1.82, 2.24) is 10.2 Å². The summed E-state index contributed by atoms with van der Waals surface area (Å²) in [4.78, 5) is 2.48. The molecule has 1 aliphatic heterocycles. The lowest BCUT2D eigenvalue weighted by Crippen LogP contribution is -2.41. The van der Waals surface area contributed by atoms with Crippen molar-refractivity contribution in [2.45, 2.75) is 38.8 Å². The quantitative estimate of drug-likeness (QED) is 0.891. The molecule has 1 atom stereocenters. The van der Waals surface area contributed by atoms with Gasteiger partial charge in [0.15, 0.2) is 0 Å². The monoisotopic (exact) mass is 284 g/mol. The lowest BCUT2D eigenvalue weighted by atomic mass is 10.1. The van der Waals surface area contributed by atoms with E-state index in [-0.39, 0.29) is 10.8 Å². The average molecular weight is 285 g/mol. The summed E-state index contributed by atoms with van der Waals surface area (Å²) in [5.41, 5.74) is 0.637. The summed E-state index contributed by atoms with van der Waals surface area (Å²) in [5.74, 6) is -0.304. The molecule has 2 rings (SSSR count). The number of nitrogens with one attached hydrogen (secondary N) is 1. The molecular weight excluding hydrogens is 263 g/mol. The Labute approximate surface area is 119 Å². The third kappa shape index (κ3) is 4.44. The first-order valence-electron chi connectivity index (χ1n) is 7.05. The van der Waals surface area contributed by atoms with Crippen LogP contribution in [0.3, 0.4) is 0 Å². The van der Waals surface area contributed by atoms with Gasteiger partial charge in [-0.2, -0.15) is 0 Å². The minimum atomic E-state index is -0.304. The van der Waals surface area contributed by atoms with E-state index in [4.69, 9.17) is 11.6 Å². The van der Waals surface area contributed by atoms with Gasteiger partial charge in [-0.15, -0.1) is 0 Å². The highest BCUT2D eigenvalue weighted by Crippen LogP contribution is 2.17. The summed E-state index contributed by atoms with van der Waals surface area (Å²) < 4.78 is 13.7. The van der Waals surface area contributed by atoms with E-state index in [1.807, 2.05) is 0 Å². The van der Waals surface area contributed by atoms with Crippen LogP contribution in [0, 0.1) is 5.82 Å². The molecule has 1 unspecified atom stereocenters. The number of rotatable bonds is 5. The zero-order valence-electron chi connectivity index (χ0n) is 11.5. The number of piperidine rings is 1. The number of hydrogen-bond acceptors (Lipinski definition) is 2. The Bertz CT molecular complexity index is 405. The fourth-order valence-electron chi connectivity index (χ4n) is 2.56. The lowest BCUT2D eigenvalue weighted by molar-refractivity contribution is 0.208. The summed E-state index contributed by atoms with van der Waals surface area (Å²) in [7, 11) is 0. The van der Waals surface area contributed by atoms with Gasteiger partial charge < -0.3 is 10.2 Å². The summed E-state index contributed by atoms with van der Waals surface area (Å²) in [6.45, 7) is 6.09. The Hall–Kier alpha value is -0.640. The predicted octanol–water partition coefficient (Wildman–Crippen LogP) is 3.44. The molecule has 1 fully saturated rings. The van der Waals surface area contributed by atoms with Gasteiger partial charge in [-0.25, -0.2) is 4.39 Å². The van der Waals surface area contributed by atoms with Crippen molar-refractivity contribution in [3.8, 4) is 0 Å². The summed E-state index contributed by atoms with van der Waals surface area (Å²) >= 11 is 5.77. The van der Waals surface area contributed by atoms with Crippen molar-refractivity contribution < 1.29 is 4.39 Å². The van der Waals surface area contributed by atoms with E-state index < -0.39 is 0 Å². The third-order valence-electron chi connectivity index (χ3n) is 3.65.